The van der Waals surface area contributed by atoms with Gasteiger partial charge in [0.15, 0.2) is 0 Å². The molecule has 1 unspecified atom stereocenters. The Labute approximate surface area is 129 Å². The van der Waals surface area contributed by atoms with Gasteiger partial charge in [0.25, 0.3) is 0 Å². The van der Waals surface area contributed by atoms with Gasteiger partial charge in [-0.2, -0.15) is 0 Å². The zero-order valence-corrected chi connectivity index (χ0v) is 12.8. The van der Waals surface area contributed by atoms with Crippen molar-refractivity contribution in [3.8, 4) is 0 Å². The number of rotatable bonds is 7. The number of carbonyl (C=O) groups is 1. The van der Waals surface area contributed by atoms with E-state index in [9.17, 15) is 9.90 Å². The first-order chi connectivity index (χ1) is 10.2. The summed E-state index contributed by atoms with van der Waals surface area (Å²) < 4.78 is 0. The Balaban J connectivity index is 2.12. The van der Waals surface area contributed by atoms with Crippen molar-refractivity contribution >= 4 is 17.7 Å². The maximum atomic E-state index is 11.8. The van der Waals surface area contributed by atoms with Crippen molar-refractivity contribution in [2.45, 2.75) is 16.9 Å². The molecule has 3 nitrogen and oxygen atoms in total. The van der Waals surface area contributed by atoms with Gasteiger partial charge >= 0.3 is 5.97 Å². The molecule has 0 saturated carbocycles. The minimum Gasteiger partial charge on any atom is -0.480 e. The van der Waals surface area contributed by atoms with E-state index < -0.39 is 11.5 Å². The average molecular weight is 301 g/mol. The second-order valence-corrected chi connectivity index (χ2v) is 5.91. The third-order valence-electron chi connectivity index (χ3n) is 3.55. The normalized spacial score (nSPS) is 13.6. The summed E-state index contributed by atoms with van der Waals surface area (Å²) in [6.07, 6.45) is 0.516. The summed E-state index contributed by atoms with van der Waals surface area (Å²) in [7, 11) is 1.70. The van der Waals surface area contributed by atoms with Crippen LogP contribution in [0.25, 0.3) is 0 Å². The molecule has 0 spiro atoms. The molecule has 0 heterocycles. The Kier molecular flexibility index (Phi) is 5.42. The Morgan fingerprint density at radius 1 is 1.10 bits per heavy atom. The molecule has 0 amide bonds. The molecule has 0 radical (unpaired) electrons. The van der Waals surface area contributed by atoms with Crippen LogP contribution >= 0.6 is 11.8 Å². The number of carboxylic acids is 1. The fourth-order valence-electron chi connectivity index (χ4n) is 2.31. The van der Waals surface area contributed by atoms with E-state index in [0.717, 1.165) is 16.2 Å². The molecule has 21 heavy (non-hydrogen) atoms. The van der Waals surface area contributed by atoms with E-state index in [-0.39, 0.29) is 0 Å². The highest BCUT2D eigenvalue weighted by atomic mass is 32.2. The smallest absolute Gasteiger partial charge is 0.328 e. The van der Waals surface area contributed by atoms with Crippen LogP contribution in [0.2, 0.25) is 0 Å². The molecule has 0 bridgehead atoms. The molecule has 2 aromatic carbocycles. The van der Waals surface area contributed by atoms with Gasteiger partial charge in [0.05, 0.1) is 0 Å². The molecule has 0 fully saturated rings. The van der Waals surface area contributed by atoms with E-state index in [4.69, 9.17) is 0 Å². The van der Waals surface area contributed by atoms with Crippen molar-refractivity contribution in [2.24, 2.45) is 0 Å². The van der Waals surface area contributed by atoms with Crippen molar-refractivity contribution in [1.29, 1.82) is 0 Å². The molecule has 2 aromatic rings. The van der Waals surface area contributed by atoms with Crippen LogP contribution in [-0.4, -0.2) is 23.9 Å². The zero-order chi connectivity index (χ0) is 15.1. The number of hydrogen-bond acceptors (Lipinski definition) is 3. The van der Waals surface area contributed by atoms with Crippen molar-refractivity contribution in [2.75, 3.05) is 12.8 Å². The van der Waals surface area contributed by atoms with Crippen LogP contribution in [0.5, 0.6) is 0 Å². The van der Waals surface area contributed by atoms with Crippen LogP contribution in [0.15, 0.2) is 65.6 Å². The third-order valence-corrected chi connectivity index (χ3v) is 4.56. The lowest BCUT2D eigenvalue weighted by Crippen LogP contribution is -2.47. The molecule has 110 valence electrons. The van der Waals surface area contributed by atoms with Crippen LogP contribution in [0.4, 0.5) is 0 Å². The summed E-state index contributed by atoms with van der Waals surface area (Å²) in [6.45, 7) is 0. The number of nitrogens with one attached hydrogen (secondary N) is 1. The zero-order valence-electron chi connectivity index (χ0n) is 12.0. The van der Waals surface area contributed by atoms with Gasteiger partial charge in [-0.15, -0.1) is 11.8 Å². The lowest BCUT2D eigenvalue weighted by Gasteiger charge is -2.29. The minimum atomic E-state index is -1.04. The van der Waals surface area contributed by atoms with E-state index in [2.05, 4.69) is 5.32 Å². The number of aliphatic carboxylic acids is 1. The van der Waals surface area contributed by atoms with Gasteiger partial charge in [-0.05, 0) is 31.2 Å². The molecule has 1 atom stereocenters. The van der Waals surface area contributed by atoms with E-state index in [1.54, 1.807) is 18.8 Å². The first-order valence-electron chi connectivity index (χ1n) is 6.85. The monoisotopic (exact) mass is 301 g/mol. The summed E-state index contributed by atoms with van der Waals surface area (Å²) in [5, 5.41) is 12.7. The number of likely N-dealkylation sites (N-methyl/N-ethyl adjacent to an activating group) is 1. The minimum absolute atomic E-state index is 0.516. The van der Waals surface area contributed by atoms with Crippen LogP contribution in [0.3, 0.4) is 0 Å². The number of carboxylic acid groups (broad SMARTS) is 1. The van der Waals surface area contributed by atoms with Crippen LogP contribution in [-0.2, 0) is 10.3 Å². The van der Waals surface area contributed by atoms with Crippen molar-refractivity contribution in [3.63, 3.8) is 0 Å². The largest absolute Gasteiger partial charge is 0.480 e. The Morgan fingerprint density at radius 2 is 1.67 bits per heavy atom. The molecule has 0 aliphatic rings. The van der Waals surface area contributed by atoms with Crippen molar-refractivity contribution in [3.05, 3.63) is 66.2 Å². The van der Waals surface area contributed by atoms with Crippen molar-refractivity contribution in [1.82, 2.24) is 5.32 Å². The van der Waals surface area contributed by atoms with Crippen molar-refractivity contribution < 1.29 is 9.90 Å². The van der Waals surface area contributed by atoms with Gasteiger partial charge in [-0.1, -0.05) is 48.5 Å². The summed E-state index contributed by atoms with van der Waals surface area (Å²) in [4.78, 5) is 13.0. The Bertz CT molecular complexity index is 574. The molecular formula is C17H19NO2S. The third kappa shape index (κ3) is 3.65. The quantitative estimate of drug-likeness (QED) is 0.770. The molecule has 4 heteroatoms. The lowest BCUT2D eigenvalue weighted by molar-refractivity contribution is -0.145. The number of thioether (sulfide) groups is 1. The maximum absolute atomic E-state index is 11.8. The highest BCUT2D eigenvalue weighted by Crippen LogP contribution is 2.29. The van der Waals surface area contributed by atoms with Gasteiger partial charge in [-0.3, -0.25) is 0 Å². The summed E-state index contributed by atoms with van der Waals surface area (Å²) >= 11 is 1.67. The Morgan fingerprint density at radius 3 is 2.19 bits per heavy atom. The second kappa shape index (κ2) is 7.29. The van der Waals surface area contributed by atoms with E-state index in [1.165, 1.54) is 0 Å². The summed E-state index contributed by atoms with van der Waals surface area (Å²) in [5.41, 5.74) is -0.253. The molecule has 0 saturated heterocycles. The van der Waals surface area contributed by atoms with E-state index in [0.29, 0.717) is 6.42 Å². The molecule has 2 rings (SSSR count). The Hall–Kier alpha value is -1.78. The van der Waals surface area contributed by atoms with E-state index in [1.807, 2.05) is 60.7 Å². The molecule has 2 N–H and O–H groups in total. The van der Waals surface area contributed by atoms with Crippen LogP contribution < -0.4 is 5.32 Å². The second-order valence-electron chi connectivity index (χ2n) is 4.74. The van der Waals surface area contributed by atoms with Gasteiger partial charge in [0.2, 0.25) is 0 Å². The molecule has 0 aliphatic carbocycles. The van der Waals surface area contributed by atoms with Gasteiger partial charge in [0, 0.05) is 10.6 Å². The number of benzene rings is 2. The first-order valence-corrected chi connectivity index (χ1v) is 7.83. The van der Waals surface area contributed by atoms with E-state index >= 15 is 0 Å². The molecular weight excluding hydrogens is 282 g/mol. The van der Waals surface area contributed by atoms with Gasteiger partial charge in [-0.25, -0.2) is 4.79 Å². The topological polar surface area (TPSA) is 49.3 Å². The fraction of sp³-hybridized carbons (Fsp3) is 0.235. The number of hydrogen-bond donors (Lipinski definition) is 2. The molecule has 0 aliphatic heterocycles. The standard InChI is InChI=1S/C17H19NO2S/c1-18-17(16(19)20,14-8-4-2-5-9-14)12-13-21-15-10-6-3-7-11-15/h2-11,18H,12-13H2,1H3,(H,19,20). The average Bonchev–Trinajstić information content (AvgIpc) is 2.53. The highest BCUT2D eigenvalue weighted by molar-refractivity contribution is 7.99. The van der Waals surface area contributed by atoms with Crippen LogP contribution in [0, 0.1) is 0 Å². The lowest BCUT2D eigenvalue weighted by atomic mass is 9.87. The highest BCUT2D eigenvalue weighted by Gasteiger charge is 2.38. The predicted molar refractivity (Wildman–Crippen MR) is 86.6 cm³/mol. The first kappa shape index (κ1) is 15.6. The van der Waals surface area contributed by atoms with Gasteiger partial charge in [0.1, 0.15) is 5.54 Å². The van der Waals surface area contributed by atoms with Crippen LogP contribution in [0.1, 0.15) is 12.0 Å². The van der Waals surface area contributed by atoms with Gasteiger partial charge < -0.3 is 10.4 Å². The fourth-order valence-corrected chi connectivity index (χ4v) is 3.31. The summed E-state index contributed by atoms with van der Waals surface area (Å²) in [5.74, 6) is -0.114. The summed E-state index contributed by atoms with van der Waals surface area (Å²) in [6, 6.07) is 19.4. The maximum Gasteiger partial charge on any atom is 0.328 e. The predicted octanol–water partition coefficient (Wildman–Crippen LogP) is 3.37. The SMILES string of the molecule is CNC(CCSc1ccccc1)(C(=O)O)c1ccccc1. The molecule has 0 aromatic heterocycles.